The molecule has 1 aromatic heterocycles. The number of hydrogen-bond donors (Lipinski definition) is 3. The molecule has 1 saturated heterocycles. The summed E-state index contributed by atoms with van der Waals surface area (Å²) in [7, 11) is 0. The van der Waals surface area contributed by atoms with Crippen LogP contribution in [-0.4, -0.2) is 69.0 Å². The van der Waals surface area contributed by atoms with Crippen LogP contribution in [0.2, 0.25) is 0 Å². The SMILES string of the molecule is C[C@H]1CCCN1C(=O)c1nc(C(=O)NCC(C)(C)O)sc1-c1ccc(C(O)(C(F)(F)F)C(F)(F)F)c(F)c1CF. The van der Waals surface area contributed by atoms with Gasteiger partial charge >= 0.3 is 12.4 Å². The number of nitrogens with one attached hydrogen (secondary N) is 1. The summed E-state index contributed by atoms with van der Waals surface area (Å²) in [5.74, 6) is -4.00. The average molecular weight is 604 g/mol. The molecular formula is C24H25F8N3O4S. The van der Waals surface area contributed by atoms with Crippen LogP contribution in [-0.2, 0) is 12.3 Å². The van der Waals surface area contributed by atoms with Crippen LogP contribution >= 0.6 is 11.3 Å². The van der Waals surface area contributed by atoms with Gasteiger partial charge in [0.05, 0.1) is 10.5 Å². The van der Waals surface area contributed by atoms with Crippen molar-refractivity contribution in [3.05, 3.63) is 39.8 Å². The van der Waals surface area contributed by atoms with Crippen molar-refractivity contribution in [1.82, 2.24) is 15.2 Å². The molecule has 0 aliphatic carbocycles. The van der Waals surface area contributed by atoms with Crippen molar-refractivity contribution in [2.75, 3.05) is 13.1 Å². The fourth-order valence-corrected chi connectivity index (χ4v) is 5.22. The minimum atomic E-state index is -6.43. The molecular weight excluding hydrogens is 578 g/mol. The van der Waals surface area contributed by atoms with Crippen molar-refractivity contribution < 1.29 is 54.9 Å². The van der Waals surface area contributed by atoms with Crippen molar-refractivity contribution in [3.8, 4) is 10.4 Å². The van der Waals surface area contributed by atoms with Gasteiger partial charge in [0, 0.05) is 35.8 Å². The number of rotatable bonds is 7. The Labute approximate surface area is 226 Å². The predicted molar refractivity (Wildman–Crippen MR) is 127 cm³/mol. The molecule has 0 radical (unpaired) electrons. The molecule has 1 aliphatic heterocycles. The number of benzene rings is 1. The van der Waals surface area contributed by atoms with E-state index < -0.39 is 75.3 Å². The van der Waals surface area contributed by atoms with Gasteiger partial charge in [-0.15, -0.1) is 11.3 Å². The third-order valence-electron chi connectivity index (χ3n) is 6.35. The molecule has 1 aromatic carbocycles. The topological polar surface area (TPSA) is 103 Å². The molecule has 1 atom stereocenters. The van der Waals surface area contributed by atoms with E-state index in [2.05, 4.69) is 10.3 Å². The molecule has 0 saturated carbocycles. The second kappa shape index (κ2) is 10.9. The maximum absolute atomic E-state index is 15.3. The molecule has 1 fully saturated rings. The van der Waals surface area contributed by atoms with Crippen LogP contribution in [0.4, 0.5) is 35.1 Å². The smallest absolute Gasteiger partial charge is 0.389 e. The molecule has 0 spiro atoms. The molecule has 2 heterocycles. The van der Waals surface area contributed by atoms with E-state index in [1.165, 1.54) is 18.7 Å². The summed E-state index contributed by atoms with van der Waals surface area (Å²) in [6.45, 7) is 2.55. The molecule has 0 bridgehead atoms. The van der Waals surface area contributed by atoms with Gasteiger partial charge in [0.1, 0.15) is 18.2 Å². The summed E-state index contributed by atoms with van der Waals surface area (Å²) in [4.78, 5) is 31.0. The summed E-state index contributed by atoms with van der Waals surface area (Å²) in [6.07, 6.45) is -11.6. The molecule has 3 N–H and O–H groups in total. The van der Waals surface area contributed by atoms with E-state index in [1.807, 2.05) is 0 Å². The number of thiazole rings is 1. The van der Waals surface area contributed by atoms with Crippen molar-refractivity contribution in [1.29, 1.82) is 0 Å². The van der Waals surface area contributed by atoms with Crippen molar-refractivity contribution in [3.63, 3.8) is 0 Å². The van der Waals surface area contributed by atoms with Crippen molar-refractivity contribution in [2.45, 2.75) is 69.9 Å². The van der Waals surface area contributed by atoms with Crippen LogP contribution < -0.4 is 5.32 Å². The number of amides is 2. The molecule has 3 rings (SSSR count). The monoisotopic (exact) mass is 603 g/mol. The predicted octanol–water partition coefficient (Wildman–Crippen LogP) is 4.86. The highest BCUT2D eigenvalue weighted by molar-refractivity contribution is 7.17. The largest absolute Gasteiger partial charge is 0.430 e. The van der Waals surface area contributed by atoms with Gasteiger partial charge in [0.25, 0.3) is 17.4 Å². The van der Waals surface area contributed by atoms with Gasteiger partial charge in [0.2, 0.25) is 0 Å². The molecule has 7 nitrogen and oxygen atoms in total. The summed E-state index contributed by atoms with van der Waals surface area (Å²) < 4.78 is 110. The lowest BCUT2D eigenvalue weighted by Gasteiger charge is -2.33. The number of hydrogen-bond acceptors (Lipinski definition) is 6. The number of aliphatic hydroxyl groups is 2. The Morgan fingerprint density at radius 2 is 1.73 bits per heavy atom. The normalized spacial score (nSPS) is 16.9. The van der Waals surface area contributed by atoms with E-state index in [4.69, 9.17) is 0 Å². The average Bonchev–Trinajstić information content (AvgIpc) is 3.46. The number of alkyl halides is 7. The molecule has 40 heavy (non-hydrogen) atoms. The van der Waals surface area contributed by atoms with E-state index in [9.17, 15) is 50.5 Å². The maximum Gasteiger partial charge on any atom is 0.430 e. The first-order chi connectivity index (χ1) is 18.2. The number of carbonyl (C=O) groups is 2. The highest BCUT2D eigenvalue weighted by Crippen LogP contribution is 2.52. The highest BCUT2D eigenvalue weighted by atomic mass is 32.1. The Balaban J connectivity index is 2.23. The van der Waals surface area contributed by atoms with Crippen LogP contribution in [0.15, 0.2) is 12.1 Å². The van der Waals surface area contributed by atoms with Crippen LogP contribution in [0.3, 0.4) is 0 Å². The van der Waals surface area contributed by atoms with Gasteiger partial charge in [-0.2, -0.15) is 26.3 Å². The van der Waals surface area contributed by atoms with Crippen LogP contribution in [0, 0.1) is 5.82 Å². The van der Waals surface area contributed by atoms with Gasteiger partial charge in [0.15, 0.2) is 5.01 Å². The second-order valence-corrected chi connectivity index (χ2v) is 11.0. The van der Waals surface area contributed by atoms with Gasteiger partial charge < -0.3 is 20.4 Å². The summed E-state index contributed by atoms with van der Waals surface area (Å²) >= 11 is 0.430. The van der Waals surface area contributed by atoms with Gasteiger partial charge in [-0.1, -0.05) is 12.1 Å². The number of likely N-dealkylation sites (tertiary alicyclic amines) is 1. The highest BCUT2D eigenvalue weighted by Gasteiger charge is 2.72. The van der Waals surface area contributed by atoms with E-state index in [0.29, 0.717) is 30.2 Å². The van der Waals surface area contributed by atoms with Gasteiger partial charge in [-0.05, 0) is 33.6 Å². The Hall–Kier alpha value is -2.85. The van der Waals surface area contributed by atoms with Crippen molar-refractivity contribution in [2.24, 2.45) is 0 Å². The standard InChI is InChI=1S/C24H25F8N3O4S/c1-11-5-4-8-35(11)20(37)16-17(40-19(34-16)18(36)33-10-21(2,3)38)12-6-7-14(15(26)13(12)9-25)22(39,23(27,28)29)24(30,31)32/h6-7,11,38-39H,4-5,8-10H2,1-3H3,(H,33,36)/t11-/m0/s1. The molecule has 222 valence electrons. The first-order valence-corrected chi connectivity index (χ1v) is 12.6. The van der Waals surface area contributed by atoms with Crippen molar-refractivity contribution >= 4 is 23.2 Å². The third kappa shape index (κ3) is 5.79. The summed E-state index contributed by atoms with van der Waals surface area (Å²) in [6, 6.07) is 0.222. The number of nitrogens with zero attached hydrogens (tertiary/aromatic N) is 2. The van der Waals surface area contributed by atoms with E-state index >= 15 is 4.39 Å². The number of aromatic nitrogens is 1. The first-order valence-electron chi connectivity index (χ1n) is 11.8. The Kier molecular flexibility index (Phi) is 8.59. The maximum atomic E-state index is 15.3. The number of carbonyl (C=O) groups excluding carboxylic acids is 2. The van der Waals surface area contributed by atoms with Gasteiger partial charge in [-0.3, -0.25) is 9.59 Å². The lowest BCUT2D eigenvalue weighted by molar-refractivity contribution is -0.377. The lowest BCUT2D eigenvalue weighted by atomic mass is 9.88. The third-order valence-corrected chi connectivity index (χ3v) is 7.44. The van der Waals surface area contributed by atoms with Crippen LogP contribution in [0.5, 0.6) is 0 Å². The quantitative estimate of drug-likeness (QED) is 0.393. The second-order valence-electron chi connectivity index (χ2n) is 9.97. The Morgan fingerprint density at radius 3 is 2.20 bits per heavy atom. The Morgan fingerprint density at radius 1 is 1.12 bits per heavy atom. The fourth-order valence-electron chi connectivity index (χ4n) is 4.20. The van der Waals surface area contributed by atoms with E-state index in [1.54, 1.807) is 6.92 Å². The minimum Gasteiger partial charge on any atom is -0.389 e. The zero-order valence-electron chi connectivity index (χ0n) is 21.3. The zero-order chi connectivity index (χ0) is 30.4. The zero-order valence-corrected chi connectivity index (χ0v) is 22.1. The molecule has 1 aliphatic rings. The van der Waals surface area contributed by atoms with Gasteiger partial charge in [-0.25, -0.2) is 13.8 Å². The van der Waals surface area contributed by atoms with Crippen LogP contribution in [0.1, 0.15) is 65.0 Å². The summed E-state index contributed by atoms with van der Waals surface area (Å²) in [5.41, 5.74) is -11.7. The summed E-state index contributed by atoms with van der Waals surface area (Å²) in [5, 5.41) is 21.5. The molecule has 16 heteroatoms. The first kappa shape index (κ1) is 31.7. The van der Waals surface area contributed by atoms with E-state index in [0.717, 1.165) is 0 Å². The fraction of sp³-hybridized carbons (Fsp3) is 0.542. The minimum absolute atomic E-state index is 0.00525. The Bertz CT molecular complexity index is 1270. The van der Waals surface area contributed by atoms with Crippen LogP contribution in [0.25, 0.3) is 10.4 Å². The molecule has 2 aromatic rings. The molecule has 2 amide bonds. The molecule has 0 unspecified atom stereocenters. The number of halogens is 8. The lowest BCUT2D eigenvalue weighted by Crippen LogP contribution is -2.54. The van der Waals surface area contributed by atoms with E-state index in [-0.39, 0.29) is 30.1 Å².